The standard InChI is InChI=1S/C31H47N3O9.C8H9ClO/c1-20(2)14-25(29(39)40)43-30(41)31(4,5)19-34-27(37)17-33-26(36)9-7-6-8-21(3)24(35)15-22-10-12-23(13-11-22)18-42-28(38)16-32;1-6-3-4-8(10-2)7(9)5-6/h7,9-13,20-21,24-25,35H,6,8,14-19,32H2,1-5H3,(H,33,36)(H,34,37)(H,39,40);3-5H,1-2H3/b9-7+;. The van der Waals surface area contributed by atoms with Gasteiger partial charge in [-0.1, -0.05) is 68.8 Å². The van der Waals surface area contributed by atoms with Gasteiger partial charge in [-0.3, -0.25) is 19.2 Å². The number of hydrogen-bond donors (Lipinski definition) is 5. The van der Waals surface area contributed by atoms with E-state index in [-0.39, 0.29) is 44.5 Å². The molecule has 0 heterocycles. The van der Waals surface area contributed by atoms with Crippen molar-refractivity contribution in [1.29, 1.82) is 0 Å². The highest BCUT2D eigenvalue weighted by molar-refractivity contribution is 6.32. The molecular formula is C39H56ClN3O10. The highest BCUT2D eigenvalue weighted by Crippen LogP contribution is 2.24. The van der Waals surface area contributed by atoms with Gasteiger partial charge in [0.15, 0.2) is 6.10 Å². The number of carbonyl (C=O) groups excluding carboxylic acids is 4. The van der Waals surface area contributed by atoms with Gasteiger partial charge >= 0.3 is 17.9 Å². The summed E-state index contributed by atoms with van der Waals surface area (Å²) >= 11 is 5.80. The van der Waals surface area contributed by atoms with Crippen molar-refractivity contribution >= 4 is 41.3 Å². The quantitative estimate of drug-likeness (QED) is 0.0938. The molecule has 53 heavy (non-hydrogen) atoms. The molecule has 0 radical (unpaired) electrons. The highest BCUT2D eigenvalue weighted by Gasteiger charge is 2.34. The summed E-state index contributed by atoms with van der Waals surface area (Å²) in [6.45, 7) is 10.2. The van der Waals surface area contributed by atoms with Crippen LogP contribution < -0.4 is 21.1 Å². The number of halogens is 1. The van der Waals surface area contributed by atoms with Crippen molar-refractivity contribution in [2.75, 3.05) is 26.7 Å². The van der Waals surface area contributed by atoms with Crippen LogP contribution in [0.2, 0.25) is 5.02 Å². The fraction of sp³-hybridized carbons (Fsp3) is 0.513. The lowest BCUT2D eigenvalue weighted by atomic mass is 9.93. The fourth-order valence-electron chi connectivity index (χ4n) is 4.55. The summed E-state index contributed by atoms with van der Waals surface area (Å²) < 4.78 is 15.1. The van der Waals surface area contributed by atoms with E-state index in [0.29, 0.717) is 24.3 Å². The number of ether oxygens (including phenoxy) is 3. The molecule has 0 fully saturated rings. The maximum atomic E-state index is 12.5. The Morgan fingerprint density at radius 1 is 1.00 bits per heavy atom. The first-order valence-corrected chi connectivity index (χ1v) is 17.8. The van der Waals surface area contributed by atoms with Crippen molar-refractivity contribution < 1.29 is 48.4 Å². The van der Waals surface area contributed by atoms with Gasteiger partial charge in [0.2, 0.25) is 11.8 Å². The monoisotopic (exact) mass is 761 g/mol. The Balaban J connectivity index is 0.00000120. The van der Waals surface area contributed by atoms with Crippen molar-refractivity contribution in [3.63, 3.8) is 0 Å². The molecule has 2 aromatic rings. The number of esters is 2. The number of amides is 2. The minimum absolute atomic E-state index is 0.0165. The van der Waals surface area contributed by atoms with Crippen LogP contribution in [-0.4, -0.2) is 78.9 Å². The molecule has 0 bridgehead atoms. The summed E-state index contributed by atoms with van der Waals surface area (Å²) in [4.78, 5) is 59.3. The zero-order chi connectivity index (χ0) is 40.1. The van der Waals surface area contributed by atoms with Gasteiger partial charge in [-0.15, -0.1) is 0 Å². The van der Waals surface area contributed by atoms with Gasteiger partial charge in [-0.25, -0.2) is 4.79 Å². The molecule has 3 unspecified atom stereocenters. The zero-order valence-corrected chi connectivity index (χ0v) is 32.5. The van der Waals surface area contributed by atoms with Crippen molar-refractivity contribution in [3.05, 3.63) is 76.3 Å². The smallest absolute Gasteiger partial charge is 0.345 e. The number of nitrogens with one attached hydrogen (secondary N) is 2. The Morgan fingerprint density at radius 2 is 1.64 bits per heavy atom. The van der Waals surface area contributed by atoms with E-state index in [9.17, 15) is 34.2 Å². The first-order valence-electron chi connectivity index (χ1n) is 17.4. The van der Waals surface area contributed by atoms with E-state index in [0.717, 1.165) is 22.4 Å². The molecule has 0 aliphatic carbocycles. The number of rotatable bonds is 20. The summed E-state index contributed by atoms with van der Waals surface area (Å²) in [7, 11) is 1.61. The Labute approximate surface area is 317 Å². The maximum absolute atomic E-state index is 12.5. The Hall–Kier alpha value is -4.46. The third-order valence-corrected chi connectivity index (χ3v) is 8.27. The van der Waals surface area contributed by atoms with Crippen LogP contribution in [0.25, 0.3) is 0 Å². The van der Waals surface area contributed by atoms with E-state index < -0.39 is 47.3 Å². The molecule has 2 aromatic carbocycles. The van der Waals surface area contributed by atoms with Crippen LogP contribution in [0.5, 0.6) is 5.75 Å². The molecule has 2 amide bonds. The van der Waals surface area contributed by atoms with Gasteiger partial charge < -0.3 is 40.8 Å². The molecule has 0 saturated heterocycles. The normalized spacial score (nSPS) is 12.9. The van der Waals surface area contributed by atoms with Crippen LogP contribution in [0.15, 0.2) is 54.6 Å². The lowest BCUT2D eigenvalue weighted by Gasteiger charge is -2.25. The van der Waals surface area contributed by atoms with Crippen molar-refractivity contribution in [1.82, 2.24) is 10.6 Å². The number of carboxylic acid groups (broad SMARTS) is 1. The molecule has 0 aliphatic rings. The van der Waals surface area contributed by atoms with Crippen LogP contribution in [0, 0.1) is 24.2 Å². The first kappa shape index (κ1) is 46.6. The van der Waals surface area contributed by atoms with Gasteiger partial charge in [0.05, 0.1) is 36.7 Å². The third-order valence-electron chi connectivity index (χ3n) is 7.97. The lowest BCUT2D eigenvalue weighted by molar-refractivity contribution is -0.171. The molecule has 0 saturated carbocycles. The number of nitrogens with two attached hydrogens (primary N) is 1. The second-order valence-corrected chi connectivity index (χ2v) is 14.2. The molecule has 13 nitrogen and oxygen atoms in total. The second-order valence-electron chi connectivity index (χ2n) is 13.8. The molecule has 2 rings (SSSR count). The summed E-state index contributed by atoms with van der Waals surface area (Å²) in [6, 6.07) is 13.1. The zero-order valence-electron chi connectivity index (χ0n) is 31.8. The predicted molar refractivity (Wildman–Crippen MR) is 202 cm³/mol. The van der Waals surface area contributed by atoms with E-state index in [2.05, 4.69) is 10.6 Å². The Bertz CT molecular complexity index is 1510. The lowest BCUT2D eigenvalue weighted by Crippen LogP contribution is -2.45. The molecule has 0 spiro atoms. The number of aryl methyl sites for hydroxylation is 1. The van der Waals surface area contributed by atoms with Crippen LogP contribution in [0.1, 0.15) is 70.6 Å². The molecule has 0 aromatic heterocycles. The van der Waals surface area contributed by atoms with Gasteiger partial charge in [0.1, 0.15) is 12.4 Å². The van der Waals surface area contributed by atoms with E-state index in [4.69, 9.17) is 31.5 Å². The van der Waals surface area contributed by atoms with E-state index in [1.54, 1.807) is 13.2 Å². The molecule has 14 heteroatoms. The number of allylic oxidation sites excluding steroid dienone is 1. The van der Waals surface area contributed by atoms with Gasteiger partial charge in [0, 0.05) is 6.54 Å². The SMILES string of the molecule is CC(C)CC(OC(=O)C(C)(C)CNC(=O)CNC(=O)/C=C/CCC(C)C(O)Cc1ccc(COC(=O)CN)cc1)C(=O)O.COc1ccc(C)cc1Cl. The second kappa shape index (κ2) is 24.0. The minimum Gasteiger partial charge on any atom is -0.495 e. The first-order chi connectivity index (χ1) is 24.9. The van der Waals surface area contributed by atoms with Crippen LogP contribution in [-0.2, 0) is 46.5 Å². The topological polar surface area (TPSA) is 204 Å². The van der Waals surface area contributed by atoms with E-state index in [1.165, 1.54) is 19.9 Å². The minimum atomic E-state index is -1.26. The molecule has 294 valence electrons. The fourth-order valence-corrected chi connectivity index (χ4v) is 4.86. The number of carbonyl (C=O) groups is 5. The number of aliphatic hydroxyl groups excluding tert-OH is 1. The van der Waals surface area contributed by atoms with Crippen molar-refractivity contribution in [2.24, 2.45) is 23.0 Å². The summed E-state index contributed by atoms with van der Waals surface area (Å²) in [5.74, 6) is -2.70. The molecule has 6 N–H and O–H groups in total. The predicted octanol–water partition coefficient (Wildman–Crippen LogP) is 4.52. The van der Waals surface area contributed by atoms with Gasteiger partial charge in [-0.05, 0) is 93.2 Å². The van der Waals surface area contributed by atoms with Crippen LogP contribution in [0.4, 0.5) is 0 Å². The maximum Gasteiger partial charge on any atom is 0.345 e. The number of aliphatic carboxylic acids is 1. The van der Waals surface area contributed by atoms with E-state index in [1.807, 2.05) is 70.2 Å². The third kappa shape index (κ3) is 19.3. The Morgan fingerprint density at radius 3 is 2.21 bits per heavy atom. The van der Waals surface area contributed by atoms with Crippen molar-refractivity contribution in [3.8, 4) is 5.75 Å². The number of methoxy groups -OCH3 is 1. The van der Waals surface area contributed by atoms with Gasteiger partial charge in [-0.2, -0.15) is 0 Å². The average Bonchev–Trinajstić information content (AvgIpc) is 3.10. The number of aliphatic hydroxyl groups is 1. The largest absolute Gasteiger partial charge is 0.495 e. The summed E-state index contributed by atoms with van der Waals surface area (Å²) in [6.07, 6.45) is 2.97. The Kier molecular flexibility index (Phi) is 21.1. The van der Waals surface area contributed by atoms with Crippen LogP contribution >= 0.6 is 11.6 Å². The van der Waals surface area contributed by atoms with E-state index >= 15 is 0 Å². The molecular weight excluding hydrogens is 706 g/mol. The van der Waals surface area contributed by atoms with Crippen molar-refractivity contribution in [2.45, 2.75) is 86.0 Å². The van der Waals surface area contributed by atoms with Gasteiger partial charge in [0.25, 0.3) is 0 Å². The molecule has 0 aliphatic heterocycles. The average molecular weight is 762 g/mol. The number of carboxylic acids is 1. The summed E-state index contributed by atoms with van der Waals surface area (Å²) in [5.41, 5.74) is 6.96. The summed E-state index contributed by atoms with van der Waals surface area (Å²) in [5, 5.41) is 25.5. The number of hydrogen-bond acceptors (Lipinski definition) is 10. The highest BCUT2D eigenvalue weighted by atomic mass is 35.5. The number of benzene rings is 2. The van der Waals surface area contributed by atoms with Crippen LogP contribution in [0.3, 0.4) is 0 Å². The molecule has 3 atom stereocenters.